The number of nitrogens with zero attached hydrogens (tertiary/aromatic N) is 1. The summed E-state index contributed by atoms with van der Waals surface area (Å²) in [6, 6.07) is 6.58. The van der Waals surface area contributed by atoms with E-state index < -0.39 is 28.8 Å². The van der Waals surface area contributed by atoms with Gasteiger partial charge in [0.15, 0.2) is 11.5 Å². The number of alkyl halides is 2. The van der Waals surface area contributed by atoms with Crippen LogP contribution in [0.1, 0.15) is 20.7 Å². The van der Waals surface area contributed by atoms with Gasteiger partial charge in [0.2, 0.25) is 0 Å². The van der Waals surface area contributed by atoms with Gasteiger partial charge in [0, 0.05) is 29.4 Å². The summed E-state index contributed by atoms with van der Waals surface area (Å²) in [4.78, 5) is 34.2. The Morgan fingerprint density at radius 1 is 1.11 bits per heavy atom. The predicted molar refractivity (Wildman–Crippen MR) is 85.0 cm³/mol. The number of nitro benzene ring substituents is 1. The Hall–Kier alpha value is -3.76. The number of carbonyl (C=O) groups is 2. The minimum atomic E-state index is -3.81. The van der Waals surface area contributed by atoms with Crippen molar-refractivity contribution in [1.29, 1.82) is 0 Å². The number of rotatable bonds is 4. The number of methoxy groups -OCH3 is 1. The Balaban J connectivity index is 1.88. The first-order valence-corrected chi connectivity index (χ1v) is 7.27. The molecule has 0 aromatic heterocycles. The summed E-state index contributed by atoms with van der Waals surface area (Å²) < 4.78 is 39.1. The van der Waals surface area contributed by atoms with E-state index in [-0.39, 0.29) is 28.3 Å². The Morgan fingerprint density at radius 3 is 2.44 bits per heavy atom. The van der Waals surface area contributed by atoms with E-state index in [1.165, 1.54) is 12.1 Å². The first-order valence-electron chi connectivity index (χ1n) is 7.27. The van der Waals surface area contributed by atoms with E-state index in [1.807, 2.05) is 0 Å². The SMILES string of the molecule is COC(=O)c1cc(C(=O)Nc2ccc3c(c2)OC(F)(F)O3)cc([N+](=O)[O-])c1. The first-order chi connectivity index (χ1) is 12.7. The van der Waals surface area contributed by atoms with E-state index in [0.717, 1.165) is 31.4 Å². The summed E-state index contributed by atoms with van der Waals surface area (Å²) in [6.07, 6.45) is -3.81. The number of nitrogens with one attached hydrogen (secondary N) is 1. The second-order valence-electron chi connectivity index (χ2n) is 5.30. The van der Waals surface area contributed by atoms with Crippen LogP contribution in [0.3, 0.4) is 0 Å². The lowest BCUT2D eigenvalue weighted by atomic mass is 10.1. The molecule has 11 heteroatoms. The quantitative estimate of drug-likeness (QED) is 0.492. The molecular formula is C16H10F2N2O7. The number of anilines is 1. The summed E-state index contributed by atoms with van der Waals surface area (Å²) in [7, 11) is 1.09. The van der Waals surface area contributed by atoms with E-state index in [2.05, 4.69) is 19.5 Å². The number of esters is 1. The Labute approximate surface area is 149 Å². The number of hydrogen-bond donors (Lipinski definition) is 1. The lowest BCUT2D eigenvalue weighted by Crippen LogP contribution is -2.25. The average molecular weight is 380 g/mol. The van der Waals surface area contributed by atoms with E-state index >= 15 is 0 Å². The van der Waals surface area contributed by atoms with Crippen LogP contribution in [0.5, 0.6) is 11.5 Å². The van der Waals surface area contributed by atoms with Gasteiger partial charge in [0.1, 0.15) is 0 Å². The van der Waals surface area contributed by atoms with E-state index in [0.29, 0.717) is 0 Å². The van der Waals surface area contributed by atoms with Crippen LogP contribution in [0.15, 0.2) is 36.4 Å². The van der Waals surface area contributed by atoms with Crippen LogP contribution in [-0.2, 0) is 4.74 Å². The third-order valence-electron chi connectivity index (χ3n) is 3.47. The lowest BCUT2D eigenvalue weighted by molar-refractivity contribution is -0.384. The molecule has 1 amide bonds. The Kier molecular flexibility index (Phi) is 4.35. The largest absolute Gasteiger partial charge is 0.586 e. The lowest BCUT2D eigenvalue weighted by Gasteiger charge is -2.07. The molecule has 0 bridgehead atoms. The van der Waals surface area contributed by atoms with Gasteiger partial charge in [-0.05, 0) is 18.2 Å². The molecule has 0 aliphatic carbocycles. The highest BCUT2D eigenvalue weighted by Gasteiger charge is 2.43. The van der Waals surface area contributed by atoms with Gasteiger partial charge in [0.05, 0.1) is 17.6 Å². The van der Waals surface area contributed by atoms with Crippen molar-refractivity contribution in [3.05, 3.63) is 57.6 Å². The Morgan fingerprint density at radius 2 is 1.78 bits per heavy atom. The summed E-state index contributed by atoms with van der Waals surface area (Å²) in [5, 5.41) is 13.4. The molecule has 1 aliphatic rings. The molecule has 140 valence electrons. The Bertz CT molecular complexity index is 962. The topological polar surface area (TPSA) is 117 Å². The zero-order chi connectivity index (χ0) is 19.8. The number of halogens is 2. The van der Waals surface area contributed by atoms with Crippen molar-refractivity contribution >= 4 is 23.3 Å². The fourth-order valence-electron chi connectivity index (χ4n) is 2.31. The van der Waals surface area contributed by atoms with Crippen molar-refractivity contribution in [2.75, 3.05) is 12.4 Å². The van der Waals surface area contributed by atoms with Crippen LogP contribution >= 0.6 is 0 Å². The highest BCUT2D eigenvalue weighted by atomic mass is 19.3. The van der Waals surface area contributed by atoms with E-state index in [9.17, 15) is 28.5 Å². The number of nitro groups is 1. The molecule has 1 aliphatic heterocycles. The molecule has 1 N–H and O–H groups in total. The summed E-state index contributed by atoms with van der Waals surface area (Å²) in [5.74, 6) is -2.17. The van der Waals surface area contributed by atoms with Crippen molar-refractivity contribution in [3.8, 4) is 11.5 Å². The molecule has 0 saturated carbocycles. The molecular weight excluding hydrogens is 370 g/mol. The first kappa shape index (κ1) is 18.0. The molecule has 0 atom stereocenters. The van der Waals surface area contributed by atoms with Crippen molar-refractivity contribution in [2.24, 2.45) is 0 Å². The van der Waals surface area contributed by atoms with Crippen LogP contribution in [-0.4, -0.2) is 30.2 Å². The van der Waals surface area contributed by atoms with Crippen molar-refractivity contribution in [3.63, 3.8) is 0 Å². The van der Waals surface area contributed by atoms with Crippen LogP contribution in [0, 0.1) is 10.1 Å². The minimum absolute atomic E-state index is 0.0752. The molecule has 1 heterocycles. The number of ether oxygens (including phenoxy) is 3. The minimum Gasteiger partial charge on any atom is -0.465 e. The number of fused-ring (bicyclic) bond motifs is 1. The smallest absolute Gasteiger partial charge is 0.465 e. The number of non-ortho nitro benzene ring substituents is 1. The maximum atomic E-state index is 13.0. The van der Waals surface area contributed by atoms with Gasteiger partial charge in [-0.1, -0.05) is 0 Å². The van der Waals surface area contributed by atoms with Crippen LogP contribution in [0.4, 0.5) is 20.2 Å². The predicted octanol–water partition coefficient (Wildman–Crippen LogP) is 2.96. The van der Waals surface area contributed by atoms with Gasteiger partial charge in [-0.2, -0.15) is 0 Å². The van der Waals surface area contributed by atoms with Gasteiger partial charge in [0.25, 0.3) is 11.6 Å². The number of carbonyl (C=O) groups excluding carboxylic acids is 2. The van der Waals surface area contributed by atoms with Crippen LogP contribution < -0.4 is 14.8 Å². The maximum absolute atomic E-state index is 13.0. The molecule has 3 rings (SSSR count). The molecule has 27 heavy (non-hydrogen) atoms. The monoisotopic (exact) mass is 380 g/mol. The van der Waals surface area contributed by atoms with Gasteiger partial charge in [-0.25, -0.2) is 4.79 Å². The highest BCUT2D eigenvalue weighted by molar-refractivity contribution is 6.06. The molecule has 0 fully saturated rings. The van der Waals surface area contributed by atoms with Gasteiger partial charge < -0.3 is 19.5 Å². The van der Waals surface area contributed by atoms with Crippen molar-refractivity contribution in [2.45, 2.75) is 6.29 Å². The zero-order valence-corrected chi connectivity index (χ0v) is 13.5. The molecule has 0 unspecified atom stereocenters. The maximum Gasteiger partial charge on any atom is 0.586 e. The number of hydrogen-bond acceptors (Lipinski definition) is 7. The fraction of sp³-hybridized carbons (Fsp3) is 0.125. The second kappa shape index (κ2) is 6.52. The summed E-state index contributed by atoms with van der Waals surface area (Å²) >= 11 is 0. The molecule has 0 radical (unpaired) electrons. The van der Waals surface area contributed by atoms with Crippen molar-refractivity contribution in [1.82, 2.24) is 0 Å². The number of amides is 1. The van der Waals surface area contributed by atoms with Gasteiger partial charge >= 0.3 is 12.3 Å². The molecule has 2 aromatic carbocycles. The zero-order valence-electron chi connectivity index (χ0n) is 13.5. The molecule has 9 nitrogen and oxygen atoms in total. The van der Waals surface area contributed by atoms with E-state index in [4.69, 9.17) is 0 Å². The molecule has 0 saturated heterocycles. The van der Waals surface area contributed by atoms with Gasteiger partial charge in [-0.15, -0.1) is 8.78 Å². The van der Waals surface area contributed by atoms with Crippen LogP contribution in [0.2, 0.25) is 0 Å². The average Bonchev–Trinajstić information content (AvgIpc) is 2.93. The third-order valence-corrected chi connectivity index (χ3v) is 3.47. The van der Waals surface area contributed by atoms with Gasteiger partial charge in [-0.3, -0.25) is 14.9 Å². The standard InChI is InChI=1S/C16H10F2N2O7/c1-25-15(22)9-4-8(5-11(6-9)20(23)24)14(21)19-10-2-3-12-13(7-10)27-16(17,18)26-12/h2-7H,1H3,(H,19,21). The molecule has 2 aromatic rings. The second-order valence-corrected chi connectivity index (χ2v) is 5.30. The number of benzene rings is 2. The fourth-order valence-corrected chi connectivity index (χ4v) is 2.31. The van der Waals surface area contributed by atoms with Crippen molar-refractivity contribution < 1.29 is 37.5 Å². The van der Waals surface area contributed by atoms with E-state index in [1.54, 1.807) is 0 Å². The highest BCUT2D eigenvalue weighted by Crippen LogP contribution is 2.42. The normalized spacial score (nSPS) is 13.7. The molecule has 0 spiro atoms. The van der Waals surface area contributed by atoms with Crippen LogP contribution in [0.25, 0.3) is 0 Å². The summed E-state index contributed by atoms with van der Waals surface area (Å²) in [6.45, 7) is 0. The summed E-state index contributed by atoms with van der Waals surface area (Å²) in [5.41, 5.74) is -0.811. The third kappa shape index (κ3) is 3.76.